The van der Waals surface area contributed by atoms with Gasteiger partial charge in [0.05, 0.1) is 14.9 Å². The Morgan fingerprint density at radius 3 is 2.77 bits per heavy atom. The third-order valence-electron chi connectivity index (χ3n) is 4.61. The van der Waals surface area contributed by atoms with Gasteiger partial charge >= 0.3 is 0 Å². The molecule has 0 spiro atoms. The van der Waals surface area contributed by atoms with Crippen molar-refractivity contribution in [2.24, 2.45) is 0 Å². The molecule has 1 aliphatic heterocycles. The smallest absolute Gasteiger partial charge is 0.269 e. The van der Waals surface area contributed by atoms with Gasteiger partial charge in [-0.25, -0.2) is 0 Å². The van der Waals surface area contributed by atoms with Crippen molar-refractivity contribution in [1.82, 2.24) is 10.2 Å². The van der Waals surface area contributed by atoms with Gasteiger partial charge in [0.1, 0.15) is 27.5 Å². The molecule has 0 aliphatic carbocycles. The van der Waals surface area contributed by atoms with Gasteiger partial charge in [0.15, 0.2) is 5.78 Å². The van der Waals surface area contributed by atoms with Crippen molar-refractivity contribution in [1.29, 1.82) is 5.41 Å². The van der Waals surface area contributed by atoms with E-state index in [9.17, 15) is 14.9 Å². The minimum absolute atomic E-state index is 0.0190. The molecule has 2 aromatic heterocycles. The number of carbonyl (C=O) groups is 1. The van der Waals surface area contributed by atoms with Gasteiger partial charge in [0, 0.05) is 17.7 Å². The van der Waals surface area contributed by atoms with Gasteiger partial charge in [-0.2, -0.15) is 0 Å². The predicted molar refractivity (Wildman–Crippen MR) is 116 cm³/mol. The van der Waals surface area contributed by atoms with Crippen LogP contribution in [0.4, 0.5) is 5.69 Å². The number of nitro groups is 1. The van der Waals surface area contributed by atoms with E-state index in [1.165, 1.54) is 23.5 Å². The average Bonchev–Trinajstić information content (AvgIpc) is 3.42. The first-order valence-electron chi connectivity index (χ1n) is 9.07. The maximum Gasteiger partial charge on any atom is 0.269 e. The fourth-order valence-electron chi connectivity index (χ4n) is 3.08. The molecule has 1 unspecified atom stereocenters. The Hall–Kier alpha value is -3.11. The Bertz CT molecular complexity index is 1210. The van der Waals surface area contributed by atoms with Gasteiger partial charge in [-0.15, -0.1) is 21.5 Å². The summed E-state index contributed by atoms with van der Waals surface area (Å²) in [4.78, 5) is 23.7. The van der Waals surface area contributed by atoms with Crippen LogP contribution in [0.3, 0.4) is 0 Å². The number of allylic oxidation sites excluding steroid dienone is 1. The van der Waals surface area contributed by atoms with Crippen molar-refractivity contribution in [3.8, 4) is 11.3 Å². The van der Waals surface area contributed by atoms with Crippen molar-refractivity contribution in [3.63, 3.8) is 0 Å². The highest BCUT2D eigenvalue weighted by Crippen LogP contribution is 2.42. The number of non-ortho nitro benzene ring substituents is 1. The fraction of sp³-hybridized carbons (Fsp3) is 0.200. The van der Waals surface area contributed by atoms with E-state index in [1.807, 2.05) is 6.92 Å². The van der Waals surface area contributed by atoms with Gasteiger partial charge in [0.2, 0.25) is 0 Å². The highest BCUT2D eigenvalue weighted by molar-refractivity contribution is 8.19. The third-order valence-corrected chi connectivity index (χ3v) is 6.73. The molecule has 1 N–H and O–H groups in total. The van der Waals surface area contributed by atoms with Gasteiger partial charge in [0.25, 0.3) is 5.69 Å². The fourth-order valence-corrected chi connectivity index (χ4v) is 5.02. The van der Waals surface area contributed by atoms with Gasteiger partial charge in [-0.1, -0.05) is 18.7 Å². The molecule has 1 aliphatic rings. The van der Waals surface area contributed by atoms with Crippen LogP contribution < -0.4 is 0 Å². The van der Waals surface area contributed by atoms with E-state index < -0.39 is 10.8 Å². The quantitative estimate of drug-likeness (QED) is 0.336. The molecule has 0 radical (unpaired) electrons. The molecule has 0 saturated carbocycles. The van der Waals surface area contributed by atoms with Crippen molar-refractivity contribution >= 4 is 45.7 Å². The zero-order valence-electron chi connectivity index (χ0n) is 16.0. The summed E-state index contributed by atoms with van der Waals surface area (Å²) in [6, 6.07) is 8.05. The van der Waals surface area contributed by atoms with E-state index in [2.05, 4.69) is 10.2 Å². The molecule has 152 valence electrons. The number of nitrogens with one attached hydrogen (secondary N) is 1. The van der Waals surface area contributed by atoms with E-state index in [0.717, 1.165) is 28.8 Å². The van der Waals surface area contributed by atoms with Crippen molar-refractivity contribution in [3.05, 3.63) is 66.7 Å². The molecule has 3 heterocycles. The first-order valence-corrected chi connectivity index (χ1v) is 10.7. The number of hydrogen-bond donors (Lipinski definition) is 1. The number of thioether (sulfide) groups is 1. The predicted octanol–water partition coefficient (Wildman–Crippen LogP) is 4.99. The zero-order chi connectivity index (χ0) is 21.4. The molecule has 1 aromatic carbocycles. The maximum absolute atomic E-state index is 12.9. The average molecular weight is 441 g/mol. The SMILES string of the molecule is CCc1nnc(C2C(=N)SC(=Cc3ccc(-c4ccc([N+](=O)[O-])cc4C)o3)C2=O)s1. The number of rotatable bonds is 5. The van der Waals surface area contributed by atoms with Crippen LogP contribution in [0.25, 0.3) is 17.4 Å². The van der Waals surface area contributed by atoms with Gasteiger partial charge in [-0.05, 0) is 43.2 Å². The molecule has 1 fully saturated rings. The molecule has 8 nitrogen and oxygen atoms in total. The molecule has 10 heteroatoms. The van der Waals surface area contributed by atoms with E-state index in [4.69, 9.17) is 9.83 Å². The Kier molecular flexibility index (Phi) is 5.35. The molecule has 1 saturated heterocycles. The standard InChI is InChI=1S/C20H16N4O4S2/c1-3-16-22-23-20(30-16)17-18(25)15(29-19(17)21)9-12-5-7-14(28-12)13-6-4-11(24(26)27)8-10(13)2/h4-9,17,21H,3H2,1-2H3. The highest BCUT2D eigenvalue weighted by atomic mass is 32.2. The molecule has 30 heavy (non-hydrogen) atoms. The summed E-state index contributed by atoms with van der Waals surface area (Å²) in [5.41, 5.74) is 1.47. The van der Waals surface area contributed by atoms with Crippen molar-refractivity contribution < 1.29 is 14.1 Å². The Balaban J connectivity index is 1.59. The Labute approximate surface area is 179 Å². The molecular formula is C20H16N4O4S2. The number of aryl methyl sites for hydroxylation is 2. The number of furan rings is 1. The van der Waals surface area contributed by atoms with Crippen LogP contribution in [0.1, 0.15) is 34.2 Å². The lowest BCUT2D eigenvalue weighted by Crippen LogP contribution is -2.11. The number of nitro benzene ring substituents is 1. The molecular weight excluding hydrogens is 424 g/mol. The molecule has 0 bridgehead atoms. The van der Waals surface area contributed by atoms with E-state index in [1.54, 1.807) is 31.2 Å². The van der Waals surface area contributed by atoms with E-state index in [-0.39, 0.29) is 16.5 Å². The van der Waals surface area contributed by atoms with Gasteiger partial charge < -0.3 is 4.42 Å². The number of benzene rings is 1. The van der Waals surface area contributed by atoms with Crippen LogP contribution in [-0.2, 0) is 11.2 Å². The van der Waals surface area contributed by atoms with Crippen LogP contribution in [0.15, 0.2) is 39.7 Å². The Morgan fingerprint density at radius 1 is 1.30 bits per heavy atom. The van der Waals surface area contributed by atoms with Crippen molar-refractivity contribution in [2.45, 2.75) is 26.2 Å². The zero-order valence-corrected chi connectivity index (χ0v) is 17.7. The minimum Gasteiger partial charge on any atom is -0.457 e. The summed E-state index contributed by atoms with van der Waals surface area (Å²) in [5, 5.41) is 28.9. The lowest BCUT2D eigenvalue weighted by Gasteiger charge is -2.02. The first-order chi connectivity index (χ1) is 14.4. The molecule has 1 atom stereocenters. The Morgan fingerprint density at radius 2 is 2.10 bits per heavy atom. The summed E-state index contributed by atoms with van der Waals surface area (Å²) in [6.45, 7) is 3.74. The van der Waals surface area contributed by atoms with Crippen LogP contribution in [0.5, 0.6) is 0 Å². The summed E-state index contributed by atoms with van der Waals surface area (Å²) >= 11 is 2.46. The number of carbonyl (C=O) groups excluding carboxylic acids is 1. The highest BCUT2D eigenvalue weighted by Gasteiger charge is 2.39. The first kappa shape index (κ1) is 20.2. The maximum atomic E-state index is 12.9. The van der Waals surface area contributed by atoms with Crippen LogP contribution in [0.2, 0.25) is 0 Å². The number of nitrogens with zero attached hydrogens (tertiary/aromatic N) is 3. The molecule has 4 rings (SSSR count). The normalized spacial score (nSPS) is 17.8. The second-order valence-corrected chi connectivity index (χ2v) is 8.80. The van der Waals surface area contributed by atoms with Gasteiger partial charge in [-0.3, -0.25) is 20.3 Å². The monoisotopic (exact) mass is 440 g/mol. The number of Topliss-reactive ketones (excluding diaryl/α,β-unsaturated/α-hetero) is 1. The lowest BCUT2D eigenvalue weighted by atomic mass is 10.1. The molecule has 3 aromatic rings. The second kappa shape index (κ2) is 7.96. The van der Waals surface area contributed by atoms with Crippen molar-refractivity contribution in [2.75, 3.05) is 0 Å². The summed E-state index contributed by atoms with van der Waals surface area (Å²) in [7, 11) is 0. The number of aromatic nitrogens is 2. The lowest BCUT2D eigenvalue weighted by molar-refractivity contribution is -0.384. The van der Waals surface area contributed by atoms with Crippen LogP contribution in [-0.4, -0.2) is 25.9 Å². The van der Waals surface area contributed by atoms with E-state index in [0.29, 0.717) is 27.0 Å². The van der Waals surface area contributed by atoms with E-state index >= 15 is 0 Å². The summed E-state index contributed by atoms with van der Waals surface area (Å²) < 4.78 is 5.85. The third kappa shape index (κ3) is 3.71. The minimum atomic E-state index is -0.703. The number of ketones is 1. The summed E-state index contributed by atoms with van der Waals surface area (Å²) in [5.74, 6) is 0.130. The number of hydrogen-bond acceptors (Lipinski definition) is 9. The molecule has 0 amide bonds. The van der Waals surface area contributed by atoms with Crippen LogP contribution in [0, 0.1) is 22.4 Å². The topological polar surface area (TPSA) is 123 Å². The van der Waals surface area contributed by atoms with Crippen LogP contribution >= 0.6 is 23.1 Å². The largest absolute Gasteiger partial charge is 0.457 e. The second-order valence-electron chi connectivity index (χ2n) is 6.62. The summed E-state index contributed by atoms with van der Waals surface area (Å²) in [6.07, 6.45) is 2.35.